The van der Waals surface area contributed by atoms with E-state index in [0.717, 1.165) is 10.4 Å². The van der Waals surface area contributed by atoms with Crippen LogP contribution in [0.5, 0.6) is 0 Å². The quantitative estimate of drug-likeness (QED) is 0.528. The molecule has 0 radical (unpaired) electrons. The Bertz CT molecular complexity index is 1050. The van der Waals surface area contributed by atoms with Crippen molar-refractivity contribution in [1.29, 1.82) is 0 Å². The van der Waals surface area contributed by atoms with E-state index < -0.39 is 6.04 Å². The first-order valence-electron chi connectivity index (χ1n) is 8.65. The molecule has 0 saturated carbocycles. The van der Waals surface area contributed by atoms with E-state index in [4.69, 9.17) is 4.42 Å². The number of rotatable bonds is 6. The highest BCUT2D eigenvalue weighted by atomic mass is 32.1. The lowest BCUT2D eigenvalue weighted by atomic mass is 10.1. The summed E-state index contributed by atoms with van der Waals surface area (Å²) in [5, 5.41) is 13.1. The van der Waals surface area contributed by atoms with E-state index >= 15 is 0 Å². The fraction of sp³-hybridized carbons (Fsp3) is 0.0952. The minimum atomic E-state index is -0.668. The average molecular weight is 393 g/mol. The van der Waals surface area contributed by atoms with Gasteiger partial charge in [-0.3, -0.25) is 4.79 Å². The fourth-order valence-corrected chi connectivity index (χ4v) is 3.48. The Kier molecular flexibility index (Phi) is 5.25. The van der Waals surface area contributed by atoms with Crippen LogP contribution in [0.25, 0.3) is 11.5 Å². The van der Waals surface area contributed by atoms with Crippen LogP contribution in [-0.2, 0) is 11.2 Å². The molecule has 2 heterocycles. The summed E-state index contributed by atoms with van der Waals surface area (Å²) in [6, 6.07) is 18.4. The molecule has 2 aromatic carbocycles. The lowest BCUT2D eigenvalue weighted by Crippen LogP contribution is -2.30. The van der Waals surface area contributed by atoms with Gasteiger partial charge in [-0.05, 0) is 41.3 Å². The third kappa shape index (κ3) is 4.15. The number of aromatic nitrogens is 2. The molecular formula is C21H16FN3O2S. The van der Waals surface area contributed by atoms with Crippen molar-refractivity contribution in [2.75, 3.05) is 0 Å². The first-order chi connectivity index (χ1) is 13.7. The van der Waals surface area contributed by atoms with Crippen molar-refractivity contribution in [2.24, 2.45) is 0 Å². The number of thiophene rings is 1. The van der Waals surface area contributed by atoms with Gasteiger partial charge in [0.25, 0.3) is 0 Å². The van der Waals surface area contributed by atoms with Gasteiger partial charge in [-0.2, -0.15) is 0 Å². The second kappa shape index (κ2) is 8.14. The molecule has 0 aliphatic carbocycles. The summed E-state index contributed by atoms with van der Waals surface area (Å²) in [6.45, 7) is 0. The predicted molar refractivity (Wildman–Crippen MR) is 104 cm³/mol. The minimum absolute atomic E-state index is 0.184. The van der Waals surface area contributed by atoms with Crippen LogP contribution in [0.2, 0.25) is 0 Å². The summed E-state index contributed by atoms with van der Waals surface area (Å²) in [5.74, 6) is 0.0550. The molecule has 140 valence electrons. The van der Waals surface area contributed by atoms with Gasteiger partial charge in [0.2, 0.25) is 17.7 Å². The smallest absolute Gasteiger partial charge is 0.247 e. The maximum Gasteiger partial charge on any atom is 0.247 e. The Morgan fingerprint density at radius 2 is 1.82 bits per heavy atom. The Balaban J connectivity index is 1.62. The standard InChI is InChI=1S/C21H16FN3O2S/c22-16-10-8-14(9-11-16)19(23-18(26)13-17-7-4-12-28-17)21-25-24-20(27-21)15-5-2-1-3-6-15/h1-12,19H,13H2,(H,23,26)/t19-/m1/s1. The van der Waals surface area contributed by atoms with Crippen molar-refractivity contribution < 1.29 is 13.6 Å². The molecule has 0 fully saturated rings. The van der Waals surface area contributed by atoms with Gasteiger partial charge in [0, 0.05) is 10.4 Å². The molecule has 7 heteroatoms. The van der Waals surface area contributed by atoms with E-state index in [1.54, 1.807) is 12.1 Å². The van der Waals surface area contributed by atoms with Crippen LogP contribution in [-0.4, -0.2) is 16.1 Å². The zero-order chi connectivity index (χ0) is 19.3. The van der Waals surface area contributed by atoms with E-state index in [2.05, 4.69) is 15.5 Å². The van der Waals surface area contributed by atoms with Gasteiger partial charge < -0.3 is 9.73 Å². The SMILES string of the molecule is O=C(Cc1cccs1)N[C@H](c1ccc(F)cc1)c1nnc(-c2ccccc2)o1. The molecule has 0 spiro atoms. The van der Waals surface area contributed by atoms with E-state index in [1.165, 1.54) is 23.5 Å². The number of carbonyl (C=O) groups is 1. The number of carbonyl (C=O) groups excluding carboxylic acids is 1. The normalized spacial score (nSPS) is 11.9. The van der Waals surface area contributed by atoms with Crippen molar-refractivity contribution in [3.8, 4) is 11.5 Å². The van der Waals surface area contributed by atoms with E-state index in [-0.39, 0.29) is 24.0 Å². The summed E-state index contributed by atoms with van der Waals surface area (Å²) in [4.78, 5) is 13.5. The van der Waals surface area contributed by atoms with Crippen LogP contribution in [0, 0.1) is 5.82 Å². The second-order valence-corrected chi connectivity index (χ2v) is 7.15. The lowest BCUT2D eigenvalue weighted by Gasteiger charge is -2.15. The Labute approximate surface area is 164 Å². The van der Waals surface area contributed by atoms with Crippen molar-refractivity contribution in [3.05, 3.63) is 94.3 Å². The predicted octanol–water partition coefficient (Wildman–Crippen LogP) is 4.39. The Morgan fingerprint density at radius 1 is 1.04 bits per heavy atom. The summed E-state index contributed by atoms with van der Waals surface area (Å²) >= 11 is 1.51. The largest absolute Gasteiger partial charge is 0.418 e. The van der Waals surface area contributed by atoms with Gasteiger partial charge in [-0.15, -0.1) is 21.5 Å². The third-order valence-corrected chi connectivity index (χ3v) is 5.01. The monoisotopic (exact) mass is 393 g/mol. The van der Waals surface area contributed by atoms with E-state index in [1.807, 2.05) is 47.8 Å². The number of nitrogens with zero attached hydrogens (tertiary/aromatic N) is 2. The number of hydrogen-bond acceptors (Lipinski definition) is 5. The van der Waals surface area contributed by atoms with Crippen molar-refractivity contribution >= 4 is 17.2 Å². The van der Waals surface area contributed by atoms with Gasteiger partial charge in [0.05, 0.1) is 6.42 Å². The van der Waals surface area contributed by atoms with Crippen molar-refractivity contribution in [1.82, 2.24) is 15.5 Å². The molecule has 0 saturated heterocycles. The number of hydrogen-bond donors (Lipinski definition) is 1. The molecule has 1 N–H and O–H groups in total. The third-order valence-electron chi connectivity index (χ3n) is 4.13. The van der Waals surface area contributed by atoms with Crippen LogP contribution in [0.1, 0.15) is 22.4 Å². The highest BCUT2D eigenvalue weighted by Gasteiger charge is 2.23. The van der Waals surface area contributed by atoms with Gasteiger partial charge >= 0.3 is 0 Å². The zero-order valence-electron chi connectivity index (χ0n) is 14.7. The molecular weight excluding hydrogens is 377 g/mol. The topological polar surface area (TPSA) is 68.0 Å². The molecule has 0 bridgehead atoms. The lowest BCUT2D eigenvalue weighted by molar-refractivity contribution is -0.121. The highest BCUT2D eigenvalue weighted by Crippen LogP contribution is 2.25. The van der Waals surface area contributed by atoms with Crippen molar-refractivity contribution in [2.45, 2.75) is 12.5 Å². The first-order valence-corrected chi connectivity index (χ1v) is 9.53. The summed E-state index contributed by atoms with van der Waals surface area (Å²) in [7, 11) is 0. The second-order valence-electron chi connectivity index (χ2n) is 6.12. The highest BCUT2D eigenvalue weighted by molar-refractivity contribution is 7.10. The fourth-order valence-electron chi connectivity index (χ4n) is 2.77. The molecule has 1 amide bonds. The molecule has 5 nitrogen and oxygen atoms in total. The van der Waals surface area contributed by atoms with Gasteiger partial charge in [0.15, 0.2) is 0 Å². The maximum absolute atomic E-state index is 13.4. The van der Waals surface area contributed by atoms with Gasteiger partial charge in [-0.25, -0.2) is 4.39 Å². The van der Waals surface area contributed by atoms with Crippen LogP contribution in [0.15, 0.2) is 76.5 Å². The molecule has 0 unspecified atom stereocenters. The zero-order valence-corrected chi connectivity index (χ0v) is 15.5. The average Bonchev–Trinajstić information content (AvgIpc) is 3.40. The maximum atomic E-state index is 13.4. The molecule has 1 atom stereocenters. The summed E-state index contributed by atoms with van der Waals surface area (Å²) < 4.78 is 19.2. The Morgan fingerprint density at radius 3 is 2.54 bits per heavy atom. The molecule has 28 heavy (non-hydrogen) atoms. The molecule has 2 aromatic heterocycles. The van der Waals surface area contributed by atoms with Crippen LogP contribution < -0.4 is 5.32 Å². The van der Waals surface area contributed by atoms with Crippen molar-refractivity contribution in [3.63, 3.8) is 0 Å². The van der Waals surface area contributed by atoms with Crippen LogP contribution >= 0.6 is 11.3 Å². The van der Waals surface area contributed by atoms with Gasteiger partial charge in [0.1, 0.15) is 11.9 Å². The first kappa shape index (κ1) is 18.1. The van der Waals surface area contributed by atoms with Crippen LogP contribution in [0.4, 0.5) is 4.39 Å². The summed E-state index contributed by atoms with van der Waals surface area (Å²) in [5.41, 5.74) is 1.44. The summed E-state index contributed by atoms with van der Waals surface area (Å²) in [6.07, 6.45) is 0.245. The number of nitrogens with one attached hydrogen (secondary N) is 1. The number of halogens is 1. The van der Waals surface area contributed by atoms with Crippen LogP contribution in [0.3, 0.4) is 0 Å². The molecule has 0 aliphatic rings. The number of amides is 1. The van der Waals surface area contributed by atoms with E-state index in [9.17, 15) is 9.18 Å². The van der Waals surface area contributed by atoms with Gasteiger partial charge in [-0.1, -0.05) is 36.4 Å². The minimum Gasteiger partial charge on any atom is -0.418 e. The van der Waals surface area contributed by atoms with E-state index in [0.29, 0.717) is 11.5 Å². The molecule has 4 aromatic rings. The molecule has 0 aliphatic heterocycles. The Hall–Kier alpha value is -3.32. The molecule has 4 rings (SSSR count). The number of benzene rings is 2.